The van der Waals surface area contributed by atoms with E-state index in [-0.39, 0.29) is 18.6 Å². The van der Waals surface area contributed by atoms with Gasteiger partial charge in [0.05, 0.1) is 22.6 Å². The Morgan fingerprint density at radius 3 is 2.64 bits per heavy atom. The van der Waals surface area contributed by atoms with E-state index in [0.717, 1.165) is 5.56 Å². The third-order valence-electron chi connectivity index (χ3n) is 4.28. The largest absolute Gasteiger partial charge is 0.464 e. The van der Waals surface area contributed by atoms with Crippen LogP contribution >= 0.6 is 35.4 Å². The third-order valence-corrected chi connectivity index (χ3v) is 5.37. The van der Waals surface area contributed by atoms with Gasteiger partial charge in [-0.15, -0.1) is 0 Å². The SMILES string of the molecule is CC(=O)OCCNC(=S)NC(Cc1ccc(C)cc1C)c1cccc(Cl)c1Cl. The van der Waals surface area contributed by atoms with Crippen LogP contribution in [0.4, 0.5) is 0 Å². The molecular weight excluding hydrogens is 415 g/mol. The molecule has 0 spiro atoms. The van der Waals surface area contributed by atoms with Crippen molar-refractivity contribution < 1.29 is 9.53 Å². The fourth-order valence-electron chi connectivity index (χ4n) is 2.89. The Balaban J connectivity index is 2.17. The first-order chi connectivity index (χ1) is 13.3. The lowest BCUT2D eigenvalue weighted by molar-refractivity contribution is -0.140. The van der Waals surface area contributed by atoms with Crippen molar-refractivity contribution in [3.05, 3.63) is 68.7 Å². The normalized spacial score (nSPS) is 11.6. The Morgan fingerprint density at radius 2 is 1.96 bits per heavy atom. The number of hydrogen-bond donors (Lipinski definition) is 2. The molecule has 2 aromatic rings. The second kappa shape index (κ2) is 10.6. The molecular formula is C21H24Cl2N2O2S. The van der Waals surface area contributed by atoms with E-state index in [9.17, 15) is 4.79 Å². The molecule has 0 aromatic heterocycles. The smallest absolute Gasteiger partial charge is 0.302 e. The highest BCUT2D eigenvalue weighted by Crippen LogP contribution is 2.32. The maximum atomic E-state index is 10.9. The van der Waals surface area contributed by atoms with Crippen molar-refractivity contribution in [3.8, 4) is 0 Å². The average molecular weight is 439 g/mol. The first kappa shape index (κ1) is 22.5. The summed E-state index contributed by atoms with van der Waals surface area (Å²) in [6.07, 6.45) is 0.692. The molecule has 0 fully saturated rings. The minimum Gasteiger partial charge on any atom is -0.464 e. The van der Waals surface area contributed by atoms with E-state index in [0.29, 0.717) is 28.1 Å². The predicted molar refractivity (Wildman–Crippen MR) is 119 cm³/mol. The van der Waals surface area contributed by atoms with Crippen LogP contribution in [-0.2, 0) is 16.0 Å². The third kappa shape index (κ3) is 6.66. The monoisotopic (exact) mass is 438 g/mol. The van der Waals surface area contributed by atoms with E-state index in [1.165, 1.54) is 23.6 Å². The number of thiocarbonyl (C=S) groups is 1. The number of ether oxygens (including phenoxy) is 1. The van der Waals surface area contributed by atoms with Crippen molar-refractivity contribution in [3.63, 3.8) is 0 Å². The summed E-state index contributed by atoms with van der Waals surface area (Å²) in [7, 11) is 0. The summed E-state index contributed by atoms with van der Waals surface area (Å²) >= 11 is 18.1. The average Bonchev–Trinajstić information content (AvgIpc) is 2.62. The summed E-state index contributed by atoms with van der Waals surface area (Å²) in [6, 6.07) is 11.8. The molecule has 0 aliphatic carbocycles. The number of esters is 1. The van der Waals surface area contributed by atoms with Crippen LogP contribution in [0.15, 0.2) is 36.4 Å². The van der Waals surface area contributed by atoms with Gasteiger partial charge in [-0.25, -0.2) is 0 Å². The topological polar surface area (TPSA) is 50.4 Å². The summed E-state index contributed by atoms with van der Waals surface area (Å²) in [5.74, 6) is -0.320. The standard InChI is InChI=1S/C21H24Cl2N2O2S/c1-13-7-8-16(14(2)11-13)12-19(17-5-4-6-18(22)20(17)23)25-21(28)24-9-10-27-15(3)26/h4-8,11,19H,9-10,12H2,1-3H3,(H2,24,25,28). The molecule has 4 nitrogen and oxygen atoms in total. The highest BCUT2D eigenvalue weighted by molar-refractivity contribution is 7.80. The van der Waals surface area contributed by atoms with Gasteiger partial charge in [-0.1, -0.05) is 59.1 Å². The molecule has 0 radical (unpaired) electrons. The van der Waals surface area contributed by atoms with E-state index < -0.39 is 0 Å². The molecule has 2 aromatic carbocycles. The number of carbonyl (C=O) groups is 1. The van der Waals surface area contributed by atoms with Gasteiger partial charge < -0.3 is 15.4 Å². The molecule has 0 saturated carbocycles. The molecule has 150 valence electrons. The van der Waals surface area contributed by atoms with Crippen molar-refractivity contribution in [2.75, 3.05) is 13.2 Å². The van der Waals surface area contributed by atoms with E-state index in [1.54, 1.807) is 6.07 Å². The Labute approximate surface area is 181 Å². The quantitative estimate of drug-likeness (QED) is 0.364. The lowest BCUT2D eigenvalue weighted by Gasteiger charge is -2.24. The molecule has 2 rings (SSSR count). The second-order valence-electron chi connectivity index (χ2n) is 6.57. The van der Waals surface area contributed by atoms with Crippen molar-refractivity contribution in [2.45, 2.75) is 33.2 Å². The van der Waals surface area contributed by atoms with Crippen molar-refractivity contribution in [2.24, 2.45) is 0 Å². The maximum absolute atomic E-state index is 10.9. The molecule has 0 saturated heterocycles. The number of hydrogen-bond acceptors (Lipinski definition) is 3. The van der Waals surface area contributed by atoms with Crippen LogP contribution in [0.1, 0.15) is 35.2 Å². The minimum atomic E-state index is -0.320. The van der Waals surface area contributed by atoms with Crippen LogP contribution in [0.3, 0.4) is 0 Å². The van der Waals surface area contributed by atoms with Gasteiger partial charge in [0, 0.05) is 6.92 Å². The van der Waals surface area contributed by atoms with Gasteiger partial charge in [-0.2, -0.15) is 0 Å². The van der Waals surface area contributed by atoms with Crippen LogP contribution in [0.25, 0.3) is 0 Å². The van der Waals surface area contributed by atoms with Crippen LogP contribution in [-0.4, -0.2) is 24.2 Å². The number of rotatable bonds is 7. The maximum Gasteiger partial charge on any atom is 0.302 e. The molecule has 2 N–H and O–H groups in total. The zero-order valence-corrected chi connectivity index (χ0v) is 18.5. The molecule has 1 unspecified atom stereocenters. The molecule has 0 amide bonds. The lowest BCUT2D eigenvalue weighted by Crippen LogP contribution is -2.40. The highest BCUT2D eigenvalue weighted by Gasteiger charge is 2.19. The lowest BCUT2D eigenvalue weighted by atomic mass is 9.95. The number of benzene rings is 2. The predicted octanol–water partition coefficient (Wildman–Crippen LogP) is 4.92. The summed E-state index contributed by atoms with van der Waals surface area (Å²) in [6.45, 7) is 6.20. The van der Waals surface area contributed by atoms with Crippen LogP contribution in [0.2, 0.25) is 10.0 Å². The Kier molecular flexibility index (Phi) is 8.55. The molecule has 28 heavy (non-hydrogen) atoms. The van der Waals surface area contributed by atoms with E-state index >= 15 is 0 Å². The molecule has 1 atom stereocenters. The van der Waals surface area contributed by atoms with Gasteiger partial charge in [0.15, 0.2) is 5.11 Å². The number of aryl methyl sites for hydroxylation is 2. The van der Waals surface area contributed by atoms with Crippen molar-refractivity contribution >= 4 is 46.5 Å². The Bertz CT molecular complexity index is 858. The van der Waals surface area contributed by atoms with Crippen LogP contribution in [0.5, 0.6) is 0 Å². The first-order valence-corrected chi connectivity index (χ1v) is 10.1. The van der Waals surface area contributed by atoms with E-state index in [4.69, 9.17) is 40.2 Å². The zero-order chi connectivity index (χ0) is 20.7. The fraction of sp³-hybridized carbons (Fsp3) is 0.333. The Morgan fingerprint density at radius 1 is 1.21 bits per heavy atom. The first-order valence-electron chi connectivity index (χ1n) is 8.95. The van der Waals surface area contributed by atoms with Gasteiger partial charge in [0.1, 0.15) is 6.61 Å². The Hall–Kier alpha value is -1.82. The summed E-state index contributed by atoms with van der Waals surface area (Å²) in [5.41, 5.74) is 4.49. The van der Waals surface area contributed by atoms with Gasteiger partial charge >= 0.3 is 5.97 Å². The summed E-state index contributed by atoms with van der Waals surface area (Å²) < 4.78 is 4.91. The van der Waals surface area contributed by atoms with E-state index in [2.05, 4.69) is 42.7 Å². The minimum absolute atomic E-state index is 0.165. The number of nitrogens with one attached hydrogen (secondary N) is 2. The zero-order valence-electron chi connectivity index (χ0n) is 16.1. The number of halogens is 2. The van der Waals surface area contributed by atoms with Gasteiger partial charge in [0.2, 0.25) is 0 Å². The molecule has 0 aliphatic rings. The molecule has 0 aliphatic heterocycles. The van der Waals surface area contributed by atoms with Gasteiger partial charge in [-0.05, 0) is 55.2 Å². The summed E-state index contributed by atoms with van der Waals surface area (Å²) in [4.78, 5) is 10.9. The summed E-state index contributed by atoms with van der Waals surface area (Å²) in [5, 5.41) is 7.83. The molecule has 7 heteroatoms. The van der Waals surface area contributed by atoms with Gasteiger partial charge in [-0.3, -0.25) is 4.79 Å². The number of carbonyl (C=O) groups excluding carboxylic acids is 1. The van der Waals surface area contributed by atoms with Crippen molar-refractivity contribution in [1.29, 1.82) is 0 Å². The van der Waals surface area contributed by atoms with Crippen LogP contribution < -0.4 is 10.6 Å². The fourth-order valence-corrected chi connectivity index (χ4v) is 3.58. The molecule has 0 bridgehead atoms. The van der Waals surface area contributed by atoms with Crippen molar-refractivity contribution in [1.82, 2.24) is 10.6 Å². The highest BCUT2D eigenvalue weighted by atomic mass is 35.5. The van der Waals surface area contributed by atoms with Gasteiger partial charge in [0.25, 0.3) is 0 Å². The van der Waals surface area contributed by atoms with Crippen LogP contribution in [0, 0.1) is 13.8 Å². The molecule has 0 heterocycles. The van der Waals surface area contributed by atoms with E-state index in [1.807, 2.05) is 12.1 Å². The second-order valence-corrected chi connectivity index (χ2v) is 7.76.